The molecule has 0 fully saturated rings. The zero-order valence-electron chi connectivity index (χ0n) is 9.65. The number of hydrogen-bond acceptors (Lipinski definition) is 1. The smallest absolute Gasteiger partial charge is 0.115 e. The molecule has 3 heteroatoms. The number of aromatic nitrogens is 2. The molecule has 0 saturated carbocycles. The van der Waals surface area contributed by atoms with E-state index < -0.39 is 0 Å². The van der Waals surface area contributed by atoms with E-state index in [4.69, 9.17) is 4.98 Å². The maximum atomic E-state index is 4.70. The first-order valence-electron chi connectivity index (χ1n) is 6.04. The summed E-state index contributed by atoms with van der Waals surface area (Å²) in [4.78, 5) is 8.14. The van der Waals surface area contributed by atoms with Crippen molar-refractivity contribution in [1.82, 2.24) is 9.97 Å². The minimum absolute atomic E-state index is 0.437. The third-order valence-corrected chi connectivity index (χ3v) is 4.14. The molecule has 88 valence electrons. The Bertz CT molecular complexity index is 745. The number of imidazole rings is 1. The maximum Gasteiger partial charge on any atom is 0.115 e. The Kier molecular flexibility index (Phi) is 2.12. The minimum atomic E-state index is 0.437. The molecule has 4 rings (SSSR count). The zero-order valence-corrected chi connectivity index (χ0v) is 11.2. The Balaban J connectivity index is 1.81. The standard InChI is InChI=1S/C15H11BrN2/c16-10-5-6-13-14(8-10)18-15(17-13)12-7-9-3-1-2-4-11(9)12/h1-6,8,12H,7H2,(H,17,18). The molecule has 1 aliphatic rings. The summed E-state index contributed by atoms with van der Waals surface area (Å²) in [6, 6.07) is 14.8. The van der Waals surface area contributed by atoms with Crippen LogP contribution in [0.2, 0.25) is 0 Å². The van der Waals surface area contributed by atoms with Crippen LogP contribution in [0.5, 0.6) is 0 Å². The van der Waals surface area contributed by atoms with Gasteiger partial charge in [0.05, 0.1) is 11.0 Å². The SMILES string of the molecule is Brc1ccc2nc(C3Cc4ccccc43)[nH]c2c1. The highest BCUT2D eigenvalue weighted by molar-refractivity contribution is 9.10. The molecule has 1 atom stereocenters. The molecule has 3 aromatic rings. The van der Waals surface area contributed by atoms with Crippen LogP contribution in [0.15, 0.2) is 46.9 Å². The second-order valence-corrected chi connectivity index (χ2v) is 5.65. The fourth-order valence-corrected chi connectivity index (χ4v) is 3.03. The summed E-state index contributed by atoms with van der Waals surface area (Å²) in [6.45, 7) is 0. The third-order valence-electron chi connectivity index (χ3n) is 3.65. The fraction of sp³-hybridized carbons (Fsp3) is 0.133. The third kappa shape index (κ3) is 1.44. The first-order valence-corrected chi connectivity index (χ1v) is 6.83. The van der Waals surface area contributed by atoms with Crippen LogP contribution in [0.1, 0.15) is 22.9 Å². The maximum absolute atomic E-state index is 4.70. The monoisotopic (exact) mass is 298 g/mol. The predicted octanol–water partition coefficient (Wildman–Crippen LogP) is 4.01. The average Bonchev–Trinajstić information content (AvgIpc) is 2.73. The molecule has 0 spiro atoms. The number of halogens is 1. The summed E-state index contributed by atoms with van der Waals surface area (Å²) >= 11 is 3.49. The lowest BCUT2D eigenvalue weighted by Gasteiger charge is -2.28. The lowest BCUT2D eigenvalue weighted by atomic mass is 9.77. The van der Waals surface area contributed by atoms with Gasteiger partial charge in [0.1, 0.15) is 5.82 Å². The van der Waals surface area contributed by atoms with Crippen LogP contribution in [0, 0.1) is 0 Å². The van der Waals surface area contributed by atoms with Crippen LogP contribution in [-0.2, 0) is 6.42 Å². The van der Waals surface area contributed by atoms with Gasteiger partial charge in [0.2, 0.25) is 0 Å². The van der Waals surface area contributed by atoms with Gasteiger partial charge < -0.3 is 4.98 Å². The van der Waals surface area contributed by atoms with E-state index in [9.17, 15) is 0 Å². The number of nitrogens with zero attached hydrogens (tertiary/aromatic N) is 1. The number of rotatable bonds is 1. The molecule has 0 amide bonds. The predicted molar refractivity (Wildman–Crippen MR) is 75.8 cm³/mol. The Morgan fingerprint density at radius 2 is 2.06 bits per heavy atom. The molecule has 0 bridgehead atoms. The van der Waals surface area contributed by atoms with E-state index in [1.54, 1.807) is 0 Å². The summed E-state index contributed by atoms with van der Waals surface area (Å²) in [5.74, 6) is 1.52. The topological polar surface area (TPSA) is 28.7 Å². The summed E-state index contributed by atoms with van der Waals surface area (Å²) < 4.78 is 1.08. The molecular formula is C15H11BrN2. The largest absolute Gasteiger partial charge is 0.341 e. The molecule has 1 aromatic heterocycles. The molecule has 18 heavy (non-hydrogen) atoms. The van der Waals surface area contributed by atoms with E-state index in [1.807, 2.05) is 12.1 Å². The summed E-state index contributed by atoms with van der Waals surface area (Å²) in [5, 5.41) is 0. The fourth-order valence-electron chi connectivity index (χ4n) is 2.67. The van der Waals surface area contributed by atoms with Gasteiger partial charge in [0, 0.05) is 10.4 Å². The van der Waals surface area contributed by atoms with Crippen molar-refractivity contribution in [3.05, 3.63) is 63.9 Å². The number of benzene rings is 2. The van der Waals surface area contributed by atoms with Crippen LogP contribution < -0.4 is 0 Å². The average molecular weight is 299 g/mol. The number of nitrogens with one attached hydrogen (secondary N) is 1. The molecule has 1 N–H and O–H groups in total. The van der Waals surface area contributed by atoms with Gasteiger partial charge in [-0.25, -0.2) is 4.98 Å². The normalized spacial score (nSPS) is 17.5. The van der Waals surface area contributed by atoms with E-state index >= 15 is 0 Å². The minimum Gasteiger partial charge on any atom is -0.341 e. The molecular weight excluding hydrogens is 288 g/mol. The Hall–Kier alpha value is -1.61. The van der Waals surface area contributed by atoms with Crippen molar-refractivity contribution < 1.29 is 0 Å². The summed E-state index contributed by atoms with van der Waals surface area (Å²) in [6.07, 6.45) is 1.09. The molecule has 0 radical (unpaired) electrons. The molecule has 2 aromatic carbocycles. The highest BCUT2D eigenvalue weighted by Crippen LogP contribution is 2.39. The van der Waals surface area contributed by atoms with Crippen LogP contribution in [0.25, 0.3) is 11.0 Å². The molecule has 2 nitrogen and oxygen atoms in total. The second-order valence-electron chi connectivity index (χ2n) is 4.74. The van der Waals surface area contributed by atoms with Crippen molar-refractivity contribution in [2.24, 2.45) is 0 Å². The number of H-pyrrole nitrogens is 1. The van der Waals surface area contributed by atoms with Gasteiger partial charge in [0.25, 0.3) is 0 Å². The zero-order chi connectivity index (χ0) is 12.1. The van der Waals surface area contributed by atoms with E-state index in [0.717, 1.165) is 27.8 Å². The molecule has 0 aliphatic heterocycles. The van der Waals surface area contributed by atoms with Crippen molar-refractivity contribution in [3.63, 3.8) is 0 Å². The van der Waals surface area contributed by atoms with Gasteiger partial charge in [-0.05, 0) is 35.7 Å². The van der Waals surface area contributed by atoms with Crippen molar-refractivity contribution in [3.8, 4) is 0 Å². The van der Waals surface area contributed by atoms with Crippen LogP contribution in [0.3, 0.4) is 0 Å². The first kappa shape index (κ1) is 10.3. The number of hydrogen-bond donors (Lipinski definition) is 1. The molecule has 0 saturated heterocycles. The van der Waals surface area contributed by atoms with E-state index in [-0.39, 0.29) is 0 Å². The van der Waals surface area contributed by atoms with Gasteiger partial charge in [-0.1, -0.05) is 40.2 Å². The first-order chi connectivity index (χ1) is 8.81. The number of aromatic amines is 1. The highest BCUT2D eigenvalue weighted by atomic mass is 79.9. The van der Waals surface area contributed by atoms with Gasteiger partial charge >= 0.3 is 0 Å². The van der Waals surface area contributed by atoms with Crippen LogP contribution in [-0.4, -0.2) is 9.97 Å². The van der Waals surface area contributed by atoms with Crippen LogP contribution in [0.4, 0.5) is 0 Å². The van der Waals surface area contributed by atoms with Crippen molar-refractivity contribution in [2.45, 2.75) is 12.3 Å². The van der Waals surface area contributed by atoms with Gasteiger partial charge in [-0.2, -0.15) is 0 Å². The highest BCUT2D eigenvalue weighted by Gasteiger charge is 2.29. The van der Waals surface area contributed by atoms with Gasteiger partial charge in [0.15, 0.2) is 0 Å². The quantitative estimate of drug-likeness (QED) is 0.722. The van der Waals surface area contributed by atoms with Gasteiger partial charge in [-0.3, -0.25) is 0 Å². The van der Waals surface area contributed by atoms with E-state index in [2.05, 4.69) is 51.2 Å². The summed E-state index contributed by atoms with van der Waals surface area (Å²) in [7, 11) is 0. The van der Waals surface area contributed by atoms with E-state index in [1.165, 1.54) is 11.1 Å². The second kappa shape index (κ2) is 3.69. The lowest BCUT2D eigenvalue weighted by Crippen LogP contribution is -2.18. The number of fused-ring (bicyclic) bond motifs is 2. The summed E-state index contributed by atoms with van der Waals surface area (Å²) in [5.41, 5.74) is 5.00. The van der Waals surface area contributed by atoms with E-state index in [0.29, 0.717) is 5.92 Å². The van der Waals surface area contributed by atoms with Crippen molar-refractivity contribution in [2.75, 3.05) is 0 Å². The Labute approximate surface area is 113 Å². The molecule has 1 unspecified atom stereocenters. The van der Waals surface area contributed by atoms with Crippen molar-refractivity contribution >= 4 is 27.0 Å². The lowest BCUT2D eigenvalue weighted by molar-refractivity contribution is 0.671. The molecule has 1 heterocycles. The Morgan fingerprint density at radius 1 is 1.17 bits per heavy atom. The van der Waals surface area contributed by atoms with Gasteiger partial charge in [-0.15, -0.1) is 0 Å². The van der Waals surface area contributed by atoms with Crippen LogP contribution >= 0.6 is 15.9 Å². The molecule has 1 aliphatic carbocycles. The Morgan fingerprint density at radius 3 is 2.94 bits per heavy atom. The van der Waals surface area contributed by atoms with Crippen molar-refractivity contribution in [1.29, 1.82) is 0 Å².